The standard InChI is InChI=1S/C13H20N2O2S/c1-14-8-10-18(16,17)15-9-4-7-12-5-2-3-6-13(12)11-15/h2-3,5-6,14H,4,7-11H2,1H3. The SMILES string of the molecule is CNCCS(=O)(=O)N1CCCc2ccccc2C1. The summed E-state index contributed by atoms with van der Waals surface area (Å²) in [6.07, 6.45) is 1.87. The van der Waals surface area contributed by atoms with Gasteiger partial charge >= 0.3 is 0 Å². The molecule has 1 aromatic carbocycles. The first-order chi connectivity index (χ1) is 8.63. The van der Waals surface area contributed by atoms with E-state index in [-0.39, 0.29) is 5.75 Å². The maximum absolute atomic E-state index is 12.2. The molecule has 0 saturated heterocycles. The van der Waals surface area contributed by atoms with Gasteiger partial charge in [-0.1, -0.05) is 24.3 Å². The first kappa shape index (κ1) is 13.5. The first-order valence-corrected chi connectivity index (χ1v) is 7.93. The van der Waals surface area contributed by atoms with Crippen LogP contribution in [0.15, 0.2) is 24.3 Å². The highest BCUT2D eigenvalue weighted by Crippen LogP contribution is 2.20. The number of nitrogens with zero attached hydrogens (tertiary/aromatic N) is 1. The molecule has 0 unspecified atom stereocenters. The lowest BCUT2D eigenvalue weighted by Crippen LogP contribution is -2.35. The molecule has 0 spiro atoms. The second-order valence-corrected chi connectivity index (χ2v) is 6.71. The molecule has 0 aliphatic carbocycles. The summed E-state index contributed by atoms with van der Waals surface area (Å²) < 4.78 is 26.0. The van der Waals surface area contributed by atoms with Gasteiger partial charge < -0.3 is 5.32 Å². The molecular weight excluding hydrogens is 248 g/mol. The van der Waals surface area contributed by atoms with E-state index in [0.29, 0.717) is 19.6 Å². The van der Waals surface area contributed by atoms with E-state index >= 15 is 0 Å². The molecule has 0 saturated carbocycles. The Labute approximate surface area is 109 Å². The molecule has 5 heteroatoms. The molecule has 0 bridgehead atoms. The molecular formula is C13H20N2O2S. The van der Waals surface area contributed by atoms with Gasteiger partial charge in [-0.05, 0) is 31.0 Å². The Kier molecular flexibility index (Phi) is 4.37. The monoisotopic (exact) mass is 268 g/mol. The normalized spacial score (nSPS) is 17.2. The van der Waals surface area contributed by atoms with Crippen molar-refractivity contribution >= 4 is 10.0 Å². The fourth-order valence-electron chi connectivity index (χ4n) is 2.27. The number of hydrogen-bond acceptors (Lipinski definition) is 3. The number of rotatable bonds is 4. The second-order valence-electron chi connectivity index (χ2n) is 4.63. The van der Waals surface area contributed by atoms with E-state index in [1.807, 2.05) is 18.2 Å². The van der Waals surface area contributed by atoms with Gasteiger partial charge in [0.2, 0.25) is 10.0 Å². The van der Waals surface area contributed by atoms with Crippen molar-refractivity contribution in [1.29, 1.82) is 0 Å². The minimum Gasteiger partial charge on any atom is -0.319 e. The summed E-state index contributed by atoms with van der Waals surface area (Å²) in [5, 5.41) is 2.89. The topological polar surface area (TPSA) is 49.4 Å². The maximum atomic E-state index is 12.2. The summed E-state index contributed by atoms with van der Waals surface area (Å²) >= 11 is 0. The molecule has 0 atom stereocenters. The van der Waals surface area contributed by atoms with Gasteiger partial charge in [0.1, 0.15) is 0 Å². The van der Waals surface area contributed by atoms with Crippen LogP contribution in [0.5, 0.6) is 0 Å². The minimum absolute atomic E-state index is 0.172. The fourth-order valence-corrected chi connectivity index (χ4v) is 3.73. The molecule has 1 N–H and O–H groups in total. The summed E-state index contributed by atoms with van der Waals surface area (Å²) in [6, 6.07) is 8.12. The quantitative estimate of drug-likeness (QED) is 0.886. The Hall–Kier alpha value is -0.910. The minimum atomic E-state index is -3.14. The van der Waals surface area contributed by atoms with Crippen molar-refractivity contribution in [2.75, 3.05) is 25.9 Å². The van der Waals surface area contributed by atoms with Gasteiger partial charge in [0, 0.05) is 19.6 Å². The van der Waals surface area contributed by atoms with Crippen molar-refractivity contribution in [3.8, 4) is 0 Å². The van der Waals surface area contributed by atoms with Crippen LogP contribution in [0.1, 0.15) is 17.5 Å². The molecule has 0 aromatic heterocycles. The summed E-state index contributed by atoms with van der Waals surface area (Å²) in [7, 11) is -1.37. The average Bonchev–Trinajstić information content (AvgIpc) is 2.59. The van der Waals surface area contributed by atoms with Crippen LogP contribution in [0, 0.1) is 0 Å². The summed E-state index contributed by atoms with van der Waals surface area (Å²) in [5.74, 6) is 0.172. The fraction of sp³-hybridized carbons (Fsp3) is 0.538. The number of fused-ring (bicyclic) bond motifs is 1. The third-order valence-corrected chi connectivity index (χ3v) is 5.14. The molecule has 1 aromatic rings. The molecule has 0 fully saturated rings. The summed E-state index contributed by atoms with van der Waals surface area (Å²) in [4.78, 5) is 0. The highest BCUT2D eigenvalue weighted by molar-refractivity contribution is 7.89. The van der Waals surface area contributed by atoms with Crippen LogP contribution >= 0.6 is 0 Å². The van der Waals surface area contributed by atoms with Gasteiger partial charge in [-0.15, -0.1) is 0 Å². The number of hydrogen-bond donors (Lipinski definition) is 1. The van der Waals surface area contributed by atoms with Crippen LogP contribution in [-0.2, 0) is 23.0 Å². The average molecular weight is 268 g/mol. The summed E-state index contributed by atoms with van der Waals surface area (Å²) in [6.45, 7) is 1.64. The van der Waals surface area contributed by atoms with Crippen LogP contribution in [0.2, 0.25) is 0 Å². The predicted octanol–water partition coefficient (Wildman–Crippen LogP) is 0.984. The van der Waals surface area contributed by atoms with Gasteiger partial charge in [0.25, 0.3) is 0 Å². The Morgan fingerprint density at radius 2 is 2.00 bits per heavy atom. The largest absolute Gasteiger partial charge is 0.319 e. The molecule has 2 rings (SSSR count). The predicted molar refractivity (Wildman–Crippen MR) is 72.9 cm³/mol. The zero-order valence-corrected chi connectivity index (χ0v) is 11.5. The molecule has 1 heterocycles. The van der Waals surface area contributed by atoms with Crippen LogP contribution in [0.4, 0.5) is 0 Å². The van der Waals surface area contributed by atoms with Gasteiger partial charge in [0.15, 0.2) is 0 Å². The Balaban J connectivity index is 2.17. The van der Waals surface area contributed by atoms with Crippen LogP contribution in [0.3, 0.4) is 0 Å². The molecule has 4 nitrogen and oxygen atoms in total. The van der Waals surface area contributed by atoms with E-state index in [1.165, 1.54) is 5.56 Å². The van der Waals surface area contributed by atoms with Crippen LogP contribution in [0.25, 0.3) is 0 Å². The van der Waals surface area contributed by atoms with Crippen molar-refractivity contribution in [3.63, 3.8) is 0 Å². The van der Waals surface area contributed by atoms with Crippen LogP contribution in [-0.4, -0.2) is 38.6 Å². The highest BCUT2D eigenvalue weighted by atomic mass is 32.2. The maximum Gasteiger partial charge on any atom is 0.215 e. The van der Waals surface area contributed by atoms with E-state index in [9.17, 15) is 8.42 Å². The Morgan fingerprint density at radius 3 is 2.72 bits per heavy atom. The van der Waals surface area contributed by atoms with Crippen LogP contribution < -0.4 is 5.32 Å². The van der Waals surface area contributed by atoms with Gasteiger partial charge in [0.05, 0.1) is 5.75 Å². The van der Waals surface area contributed by atoms with Crippen molar-refractivity contribution in [1.82, 2.24) is 9.62 Å². The van der Waals surface area contributed by atoms with Gasteiger partial charge in [-0.3, -0.25) is 0 Å². The van der Waals surface area contributed by atoms with Crippen molar-refractivity contribution in [2.45, 2.75) is 19.4 Å². The lowest BCUT2D eigenvalue weighted by atomic mass is 10.0. The Bertz CT molecular complexity index is 499. The van der Waals surface area contributed by atoms with Crippen molar-refractivity contribution < 1.29 is 8.42 Å². The second kappa shape index (κ2) is 5.82. The number of aryl methyl sites for hydroxylation is 1. The van der Waals surface area contributed by atoms with E-state index < -0.39 is 10.0 Å². The highest BCUT2D eigenvalue weighted by Gasteiger charge is 2.24. The zero-order chi connectivity index (χ0) is 13.0. The molecule has 0 radical (unpaired) electrons. The smallest absolute Gasteiger partial charge is 0.215 e. The van der Waals surface area contributed by atoms with E-state index in [2.05, 4.69) is 11.4 Å². The molecule has 0 amide bonds. The zero-order valence-electron chi connectivity index (χ0n) is 10.7. The first-order valence-electron chi connectivity index (χ1n) is 6.33. The van der Waals surface area contributed by atoms with Gasteiger partial charge in [-0.25, -0.2) is 8.42 Å². The molecule has 1 aliphatic heterocycles. The molecule has 1 aliphatic rings. The van der Waals surface area contributed by atoms with Gasteiger partial charge in [-0.2, -0.15) is 4.31 Å². The molecule has 100 valence electrons. The van der Waals surface area contributed by atoms with E-state index in [0.717, 1.165) is 18.4 Å². The summed E-state index contributed by atoms with van der Waals surface area (Å²) in [5.41, 5.74) is 2.42. The number of sulfonamides is 1. The van der Waals surface area contributed by atoms with Crippen molar-refractivity contribution in [3.05, 3.63) is 35.4 Å². The van der Waals surface area contributed by atoms with Crippen molar-refractivity contribution in [2.24, 2.45) is 0 Å². The third-order valence-electron chi connectivity index (χ3n) is 3.32. The Morgan fingerprint density at radius 1 is 1.28 bits per heavy atom. The number of nitrogens with one attached hydrogen (secondary N) is 1. The van der Waals surface area contributed by atoms with E-state index in [1.54, 1.807) is 11.4 Å². The lowest BCUT2D eigenvalue weighted by molar-refractivity contribution is 0.409. The number of benzene rings is 1. The third kappa shape index (κ3) is 3.10. The van der Waals surface area contributed by atoms with E-state index in [4.69, 9.17) is 0 Å². The molecule has 18 heavy (non-hydrogen) atoms. The lowest BCUT2D eigenvalue weighted by Gasteiger charge is -2.20.